The van der Waals surface area contributed by atoms with E-state index in [1.807, 2.05) is 0 Å². The van der Waals surface area contributed by atoms with Crippen LogP contribution in [0.15, 0.2) is 35.1 Å². The number of carbonyl (C=O) groups is 1. The van der Waals surface area contributed by atoms with Crippen LogP contribution in [0.5, 0.6) is 5.75 Å². The SMILES string of the molecule is COC(=O)c1cccc(-c2n[nH]c(=O)cc2OC)c1. The Hall–Kier alpha value is -2.63. The van der Waals surface area contributed by atoms with Crippen LogP contribution in [-0.4, -0.2) is 30.4 Å². The smallest absolute Gasteiger partial charge is 0.337 e. The Morgan fingerprint density at radius 2 is 2.05 bits per heavy atom. The Bertz CT molecular complexity index is 664. The minimum absolute atomic E-state index is 0.339. The van der Waals surface area contributed by atoms with E-state index in [9.17, 15) is 9.59 Å². The lowest BCUT2D eigenvalue weighted by atomic mass is 10.1. The van der Waals surface area contributed by atoms with Gasteiger partial charge in [-0.15, -0.1) is 0 Å². The van der Waals surface area contributed by atoms with Crippen LogP contribution < -0.4 is 10.3 Å². The zero-order chi connectivity index (χ0) is 13.8. The number of aromatic amines is 1. The molecule has 1 N–H and O–H groups in total. The average Bonchev–Trinajstić information content (AvgIpc) is 2.46. The molecule has 0 amide bonds. The highest BCUT2D eigenvalue weighted by Crippen LogP contribution is 2.26. The normalized spacial score (nSPS) is 10.0. The van der Waals surface area contributed by atoms with Crippen molar-refractivity contribution in [3.63, 3.8) is 0 Å². The number of hydrogen-bond donors (Lipinski definition) is 1. The van der Waals surface area contributed by atoms with Gasteiger partial charge in [-0.1, -0.05) is 12.1 Å². The molecule has 0 aliphatic heterocycles. The van der Waals surface area contributed by atoms with Gasteiger partial charge in [0.1, 0.15) is 5.69 Å². The molecular formula is C13H12N2O4. The summed E-state index contributed by atoms with van der Waals surface area (Å²) in [6, 6.07) is 8.01. The van der Waals surface area contributed by atoms with Crippen LogP contribution in [0.4, 0.5) is 0 Å². The van der Waals surface area contributed by atoms with Gasteiger partial charge in [-0.25, -0.2) is 9.89 Å². The second-order valence-electron chi connectivity index (χ2n) is 3.72. The standard InChI is InChI=1S/C13H12N2O4/c1-18-10-7-11(16)14-15-12(10)8-4-3-5-9(6-8)13(17)19-2/h3-7H,1-2H3,(H,14,16). The van der Waals surface area contributed by atoms with Crippen LogP contribution in [0.3, 0.4) is 0 Å². The Kier molecular flexibility index (Phi) is 3.61. The molecule has 1 aromatic heterocycles. The Balaban J connectivity index is 2.53. The molecule has 0 bridgehead atoms. The molecule has 0 fully saturated rings. The van der Waals surface area contributed by atoms with Crippen molar-refractivity contribution in [1.82, 2.24) is 10.2 Å². The molecule has 2 aromatic rings. The van der Waals surface area contributed by atoms with Gasteiger partial charge in [-0.2, -0.15) is 5.10 Å². The molecule has 0 aliphatic rings. The zero-order valence-corrected chi connectivity index (χ0v) is 10.5. The third kappa shape index (κ3) is 2.62. The van der Waals surface area contributed by atoms with Gasteiger partial charge in [0.05, 0.1) is 19.8 Å². The number of aromatic nitrogens is 2. The van der Waals surface area contributed by atoms with Gasteiger partial charge in [0.15, 0.2) is 5.75 Å². The van der Waals surface area contributed by atoms with E-state index >= 15 is 0 Å². The number of hydrogen-bond acceptors (Lipinski definition) is 5. The van der Waals surface area contributed by atoms with E-state index in [0.717, 1.165) is 0 Å². The predicted molar refractivity (Wildman–Crippen MR) is 68.2 cm³/mol. The fourth-order valence-corrected chi connectivity index (χ4v) is 1.66. The van der Waals surface area contributed by atoms with Crippen LogP contribution >= 0.6 is 0 Å². The minimum atomic E-state index is -0.440. The Morgan fingerprint density at radius 3 is 2.74 bits per heavy atom. The molecule has 1 aromatic carbocycles. The van der Waals surface area contributed by atoms with E-state index in [4.69, 9.17) is 4.74 Å². The number of nitrogens with one attached hydrogen (secondary N) is 1. The summed E-state index contributed by atoms with van der Waals surface area (Å²) in [7, 11) is 2.76. The number of methoxy groups -OCH3 is 2. The molecule has 2 rings (SSSR count). The summed E-state index contributed by atoms with van der Waals surface area (Å²) in [5.41, 5.74) is 1.14. The van der Waals surface area contributed by atoms with E-state index in [0.29, 0.717) is 22.6 Å². The van der Waals surface area contributed by atoms with E-state index in [-0.39, 0.29) is 5.56 Å². The van der Waals surface area contributed by atoms with Gasteiger partial charge in [0, 0.05) is 11.6 Å². The number of H-pyrrole nitrogens is 1. The van der Waals surface area contributed by atoms with Gasteiger partial charge in [-0.3, -0.25) is 4.79 Å². The van der Waals surface area contributed by atoms with Gasteiger partial charge in [0.2, 0.25) is 0 Å². The number of ether oxygens (including phenoxy) is 2. The quantitative estimate of drug-likeness (QED) is 0.839. The fraction of sp³-hybridized carbons (Fsp3) is 0.154. The Morgan fingerprint density at radius 1 is 1.26 bits per heavy atom. The highest BCUT2D eigenvalue weighted by molar-refractivity contribution is 5.91. The predicted octanol–water partition coefficient (Wildman–Crippen LogP) is 1.23. The highest BCUT2D eigenvalue weighted by atomic mass is 16.5. The fourth-order valence-electron chi connectivity index (χ4n) is 1.66. The monoisotopic (exact) mass is 260 g/mol. The molecule has 0 unspecified atom stereocenters. The third-order valence-corrected chi connectivity index (χ3v) is 2.55. The number of benzene rings is 1. The van der Waals surface area contributed by atoms with Gasteiger partial charge < -0.3 is 9.47 Å². The largest absolute Gasteiger partial charge is 0.494 e. The molecule has 0 atom stereocenters. The number of esters is 1. The van der Waals surface area contributed by atoms with Gasteiger partial charge in [0.25, 0.3) is 5.56 Å². The van der Waals surface area contributed by atoms with Gasteiger partial charge in [-0.05, 0) is 12.1 Å². The number of rotatable bonds is 3. The first-order valence-electron chi connectivity index (χ1n) is 5.48. The molecule has 6 heteroatoms. The molecule has 0 radical (unpaired) electrons. The maximum Gasteiger partial charge on any atom is 0.337 e. The molecule has 98 valence electrons. The molecule has 6 nitrogen and oxygen atoms in total. The number of carbonyl (C=O) groups excluding carboxylic acids is 1. The number of nitrogens with zero attached hydrogens (tertiary/aromatic N) is 1. The highest BCUT2D eigenvalue weighted by Gasteiger charge is 2.11. The van der Waals surface area contributed by atoms with E-state index in [1.165, 1.54) is 20.3 Å². The van der Waals surface area contributed by atoms with Crippen LogP contribution in [0.1, 0.15) is 10.4 Å². The molecule has 1 heterocycles. The summed E-state index contributed by atoms with van der Waals surface area (Å²) in [4.78, 5) is 22.7. The molecule has 0 saturated heterocycles. The summed E-state index contributed by atoms with van der Waals surface area (Å²) >= 11 is 0. The van der Waals surface area contributed by atoms with E-state index in [1.54, 1.807) is 24.3 Å². The molecule has 0 spiro atoms. The van der Waals surface area contributed by atoms with Crippen molar-refractivity contribution in [3.05, 3.63) is 46.2 Å². The average molecular weight is 260 g/mol. The second kappa shape index (κ2) is 5.34. The summed E-state index contributed by atoms with van der Waals surface area (Å²) in [5.74, 6) is -0.101. The molecule has 0 saturated carbocycles. The first kappa shape index (κ1) is 12.8. The van der Waals surface area contributed by atoms with E-state index in [2.05, 4.69) is 14.9 Å². The third-order valence-electron chi connectivity index (χ3n) is 2.55. The lowest BCUT2D eigenvalue weighted by Crippen LogP contribution is -2.09. The molecule has 19 heavy (non-hydrogen) atoms. The maximum absolute atomic E-state index is 11.5. The Labute approximate surface area is 109 Å². The van der Waals surface area contributed by atoms with Crippen molar-refractivity contribution in [2.75, 3.05) is 14.2 Å². The lowest BCUT2D eigenvalue weighted by Gasteiger charge is -2.07. The van der Waals surface area contributed by atoms with Gasteiger partial charge >= 0.3 is 5.97 Å². The van der Waals surface area contributed by atoms with Crippen LogP contribution in [0.25, 0.3) is 11.3 Å². The van der Waals surface area contributed by atoms with Crippen molar-refractivity contribution in [3.8, 4) is 17.0 Å². The molecular weight excluding hydrogens is 248 g/mol. The van der Waals surface area contributed by atoms with Crippen molar-refractivity contribution in [1.29, 1.82) is 0 Å². The second-order valence-corrected chi connectivity index (χ2v) is 3.72. The summed E-state index contributed by atoms with van der Waals surface area (Å²) < 4.78 is 9.76. The minimum Gasteiger partial charge on any atom is -0.494 e. The van der Waals surface area contributed by atoms with Crippen LogP contribution in [-0.2, 0) is 4.74 Å². The first-order chi connectivity index (χ1) is 9.15. The first-order valence-corrected chi connectivity index (χ1v) is 5.48. The maximum atomic E-state index is 11.5. The van der Waals surface area contributed by atoms with Crippen LogP contribution in [0, 0.1) is 0 Å². The summed E-state index contributed by atoms with van der Waals surface area (Å²) in [5, 5.41) is 6.26. The summed E-state index contributed by atoms with van der Waals surface area (Å²) in [6.07, 6.45) is 0. The van der Waals surface area contributed by atoms with Crippen molar-refractivity contribution < 1.29 is 14.3 Å². The van der Waals surface area contributed by atoms with E-state index < -0.39 is 5.97 Å². The van der Waals surface area contributed by atoms with Crippen molar-refractivity contribution in [2.45, 2.75) is 0 Å². The summed E-state index contributed by atoms with van der Waals surface area (Å²) in [6.45, 7) is 0. The zero-order valence-electron chi connectivity index (χ0n) is 10.5. The van der Waals surface area contributed by atoms with Crippen molar-refractivity contribution >= 4 is 5.97 Å². The molecule has 0 aliphatic carbocycles. The lowest BCUT2D eigenvalue weighted by molar-refractivity contribution is 0.0601. The van der Waals surface area contributed by atoms with Crippen molar-refractivity contribution in [2.24, 2.45) is 0 Å². The topological polar surface area (TPSA) is 81.3 Å². The van der Waals surface area contributed by atoms with Crippen LogP contribution in [0.2, 0.25) is 0 Å².